The van der Waals surface area contributed by atoms with E-state index in [1.165, 1.54) is 10.6 Å². The standard InChI is InChI=1S/C24H17ClF2N2O2S/c1-14(22(30)16-7-10-19(26)20(27)11-16)32-24-28-21-12-17(25)8-9-18(21)23(31)29(24)13-15-5-3-2-4-6-15/h2-12,14H,13H2,1H3. The van der Waals surface area contributed by atoms with Crippen LogP contribution in [0.25, 0.3) is 10.9 Å². The third kappa shape index (κ3) is 4.59. The number of hydrogen-bond donors (Lipinski definition) is 0. The normalized spacial score (nSPS) is 12.1. The Hall–Kier alpha value is -3.03. The predicted octanol–water partition coefficient (Wildman–Crippen LogP) is 5.74. The van der Waals surface area contributed by atoms with Crippen LogP contribution in [-0.4, -0.2) is 20.6 Å². The Morgan fingerprint density at radius 1 is 1.06 bits per heavy atom. The molecule has 0 fully saturated rings. The van der Waals surface area contributed by atoms with E-state index in [1.807, 2.05) is 30.3 Å². The molecule has 1 atom stereocenters. The highest BCUT2D eigenvalue weighted by Gasteiger charge is 2.22. The molecule has 0 aliphatic rings. The van der Waals surface area contributed by atoms with Crippen LogP contribution >= 0.6 is 23.4 Å². The Morgan fingerprint density at radius 3 is 2.53 bits per heavy atom. The van der Waals surface area contributed by atoms with Crippen molar-refractivity contribution >= 4 is 40.0 Å². The number of hydrogen-bond acceptors (Lipinski definition) is 4. The molecule has 1 heterocycles. The number of nitrogens with zero attached hydrogens (tertiary/aromatic N) is 2. The van der Waals surface area contributed by atoms with E-state index in [0.29, 0.717) is 21.1 Å². The van der Waals surface area contributed by atoms with Crippen molar-refractivity contribution in [2.24, 2.45) is 0 Å². The van der Waals surface area contributed by atoms with E-state index >= 15 is 0 Å². The van der Waals surface area contributed by atoms with Gasteiger partial charge in [0.05, 0.1) is 22.7 Å². The first kappa shape index (κ1) is 22.2. The first-order valence-electron chi connectivity index (χ1n) is 9.73. The molecule has 0 bridgehead atoms. The molecule has 0 aliphatic carbocycles. The zero-order valence-electron chi connectivity index (χ0n) is 16.9. The van der Waals surface area contributed by atoms with Gasteiger partial charge in [0.25, 0.3) is 5.56 Å². The van der Waals surface area contributed by atoms with Crippen molar-refractivity contribution in [2.45, 2.75) is 23.9 Å². The predicted molar refractivity (Wildman–Crippen MR) is 123 cm³/mol. The van der Waals surface area contributed by atoms with Crippen LogP contribution in [0.3, 0.4) is 0 Å². The van der Waals surface area contributed by atoms with Crippen molar-refractivity contribution in [2.75, 3.05) is 0 Å². The SMILES string of the molecule is CC(Sc1nc2cc(Cl)ccc2c(=O)n1Cc1ccccc1)C(=O)c1ccc(F)c(F)c1. The van der Waals surface area contributed by atoms with Crippen LogP contribution in [0.15, 0.2) is 76.7 Å². The number of carbonyl (C=O) groups excluding carboxylic acids is 1. The summed E-state index contributed by atoms with van der Waals surface area (Å²) in [7, 11) is 0. The molecule has 32 heavy (non-hydrogen) atoms. The van der Waals surface area contributed by atoms with Crippen molar-refractivity contribution in [3.63, 3.8) is 0 Å². The van der Waals surface area contributed by atoms with E-state index < -0.39 is 22.7 Å². The Kier molecular flexibility index (Phi) is 6.39. The van der Waals surface area contributed by atoms with Gasteiger partial charge < -0.3 is 0 Å². The molecular weight excluding hydrogens is 454 g/mol. The number of thioether (sulfide) groups is 1. The molecule has 162 valence electrons. The Morgan fingerprint density at radius 2 is 1.81 bits per heavy atom. The van der Waals surface area contributed by atoms with Gasteiger partial charge in [0.2, 0.25) is 0 Å². The molecule has 4 rings (SSSR count). The average Bonchev–Trinajstić information content (AvgIpc) is 2.78. The fourth-order valence-electron chi connectivity index (χ4n) is 3.26. The first-order valence-corrected chi connectivity index (χ1v) is 11.0. The molecule has 3 aromatic carbocycles. The first-order chi connectivity index (χ1) is 15.3. The molecule has 4 nitrogen and oxygen atoms in total. The van der Waals surface area contributed by atoms with Crippen LogP contribution in [0.2, 0.25) is 5.02 Å². The average molecular weight is 471 g/mol. The van der Waals surface area contributed by atoms with Gasteiger partial charge in [-0.05, 0) is 48.9 Å². The van der Waals surface area contributed by atoms with Gasteiger partial charge in [0, 0.05) is 10.6 Å². The Bertz CT molecular complexity index is 1380. The summed E-state index contributed by atoms with van der Waals surface area (Å²) in [5.41, 5.74) is 1.10. The number of Topliss-reactive ketones (excluding diaryl/α,β-unsaturated/α-hetero) is 1. The van der Waals surface area contributed by atoms with Gasteiger partial charge in [0.1, 0.15) is 0 Å². The molecule has 0 spiro atoms. The number of carbonyl (C=O) groups is 1. The topological polar surface area (TPSA) is 52.0 Å². The summed E-state index contributed by atoms with van der Waals surface area (Å²) in [5.74, 6) is -2.51. The van der Waals surface area contributed by atoms with Gasteiger partial charge in [-0.2, -0.15) is 0 Å². The lowest BCUT2D eigenvalue weighted by atomic mass is 10.1. The maximum atomic E-state index is 13.6. The third-order valence-corrected chi connectivity index (χ3v) is 6.25. The van der Waals surface area contributed by atoms with E-state index in [9.17, 15) is 18.4 Å². The van der Waals surface area contributed by atoms with Crippen LogP contribution in [0.1, 0.15) is 22.8 Å². The van der Waals surface area contributed by atoms with E-state index in [4.69, 9.17) is 11.6 Å². The third-order valence-electron chi connectivity index (χ3n) is 4.92. The second kappa shape index (κ2) is 9.22. The fourth-order valence-corrected chi connectivity index (χ4v) is 4.42. The number of aromatic nitrogens is 2. The summed E-state index contributed by atoms with van der Waals surface area (Å²) < 4.78 is 28.3. The molecule has 0 saturated carbocycles. The lowest BCUT2D eigenvalue weighted by Gasteiger charge is -2.16. The number of halogens is 3. The summed E-state index contributed by atoms with van der Waals surface area (Å²) in [5, 5.41) is 0.476. The van der Waals surface area contributed by atoms with Crippen LogP contribution in [0.4, 0.5) is 8.78 Å². The molecule has 0 saturated heterocycles. The largest absolute Gasteiger partial charge is 0.293 e. The van der Waals surface area contributed by atoms with Crippen LogP contribution in [0.5, 0.6) is 0 Å². The second-order valence-corrected chi connectivity index (χ2v) is 8.93. The van der Waals surface area contributed by atoms with Crippen LogP contribution < -0.4 is 5.56 Å². The molecule has 1 aromatic heterocycles. The molecule has 0 radical (unpaired) electrons. The highest BCUT2D eigenvalue weighted by atomic mass is 35.5. The summed E-state index contributed by atoms with van der Waals surface area (Å²) in [6, 6.07) is 17.3. The zero-order valence-corrected chi connectivity index (χ0v) is 18.5. The number of fused-ring (bicyclic) bond motifs is 1. The summed E-state index contributed by atoms with van der Waals surface area (Å²) >= 11 is 7.16. The van der Waals surface area contributed by atoms with Crippen molar-refractivity contribution in [3.05, 3.63) is 105 Å². The second-order valence-electron chi connectivity index (χ2n) is 7.19. The van der Waals surface area contributed by atoms with Gasteiger partial charge in [-0.1, -0.05) is 53.7 Å². The molecular formula is C24H17ClF2N2O2S. The lowest BCUT2D eigenvalue weighted by Crippen LogP contribution is -2.25. The smallest absolute Gasteiger partial charge is 0.262 e. The van der Waals surface area contributed by atoms with Crippen molar-refractivity contribution in [1.82, 2.24) is 9.55 Å². The maximum absolute atomic E-state index is 13.6. The number of ketones is 1. The molecule has 4 aromatic rings. The number of benzene rings is 3. The summed E-state index contributed by atoms with van der Waals surface area (Å²) in [6.45, 7) is 1.90. The van der Waals surface area contributed by atoms with Gasteiger partial charge >= 0.3 is 0 Å². The minimum atomic E-state index is -1.09. The van der Waals surface area contributed by atoms with Crippen LogP contribution in [-0.2, 0) is 6.54 Å². The fraction of sp³-hybridized carbons (Fsp3) is 0.125. The maximum Gasteiger partial charge on any atom is 0.262 e. The number of rotatable bonds is 6. The van der Waals surface area contributed by atoms with E-state index in [-0.39, 0.29) is 17.7 Å². The minimum absolute atomic E-state index is 0.0460. The summed E-state index contributed by atoms with van der Waals surface area (Å²) in [6.07, 6.45) is 0. The van der Waals surface area contributed by atoms with Crippen molar-refractivity contribution < 1.29 is 13.6 Å². The Labute approximate surface area is 191 Å². The van der Waals surface area contributed by atoms with Crippen LogP contribution in [0, 0.1) is 11.6 Å². The lowest BCUT2D eigenvalue weighted by molar-refractivity contribution is 0.0993. The zero-order chi connectivity index (χ0) is 22.8. The molecule has 1 unspecified atom stereocenters. The molecule has 0 amide bonds. The minimum Gasteiger partial charge on any atom is -0.293 e. The van der Waals surface area contributed by atoms with Gasteiger partial charge in [0.15, 0.2) is 22.6 Å². The van der Waals surface area contributed by atoms with E-state index in [0.717, 1.165) is 29.5 Å². The molecule has 8 heteroatoms. The molecule has 0 N–H and O–H groups in total. The van der Waals surface area contributed by atoms with Gasteiger partial charge in [-0.25, -0.2) is 13.8 Å². The van der Waals surface area contributed by atoms with E-state index in [2.05, 4.69) is 4.98 Å². The highest BCUT2D eigenvalue weighted by Crippen LogP contribution is 2.27. The highest BCUT2D eigenvalue weighted by molar-refractivity contribution is 8.00. The van der Waals surface area contributed by atoms with Crippen molar-refractivity contribution in [1.29, 1.82) is 0 Å². The van der Waals surface area contributed by atoms with E-state index in [1.54, 1.807) is 25.1 Å². The summed E-state index contributed by atoms with van der Waals surface area (Å²) in [4.78, 5) is 30.7. The Balaban J connectivity index is 1.75. The quantitative estimate of drug-likeness (QED) is 0.205. The van der Waals surface area contributed by atoms with Crippen molar-refractivity contribution in [3.8, 4) is 0 Å². The van der Waals surface area contributed by atoms with Gasteiger partial charge in [-0.15, -0.1) is 0 Å². The van der Waals surface area contributed by atoms with Gasteiger partial charge in [-0.3, -0.25) is 14.2 Å². The molecule has 0 aliphatic heterocycles. The monoisotopic (exact) mass is 470 g/mol.